The van der Waals surface area contributed by atoms with Crippen molar-refractivity contribution in [2.24, 2.45) is 0 Å². The third-order valence-electron chi connectivity index (χ3n) is 5.44. The van der Waals surface area contributed by atoms with Crippen molar-refractivity contribution in [2.75, 3.05) is 18.5 Å². The fraction of sp³-hybridized carbons (Fsp3) is 0.292. The minimum Gasteiger partial charge on any atom is -0.494 e. The van der Waals surface area contributed by atoms with Crippen LogP contribution in [0.25, 0.3) is 0 Å². The summed E-state index contributed by atoms with van der Waals surface area (Å²) in [6.07, 6.45) is 2.15. The normalized spacial score (nSPS) is 15.7. The number of anilines is 1. The molecule has 2 aromatic carbocycles. The molecule has 5 heteroatoms. The predicted octanol–water partition coefficient (Wildman–Crippen LogP) is 5.31. The summed E-state index contributed by atoms with van der Waals surface area (Å²) in [5.41, 5.74) is 5.94. The average Bonchev–Trinajstić information content (AvgIpc) is 3.20. The lowest BCUT2D eigenvalue weighted by molar-refractivity contribution is 0.293. The summed E-state index contributed by atoms with van der Waals surface area (Å²) in [6, 6.07) is 19.2. The van der Waals surface area contributed by atoms with Crippen LogP contribution in [0.5, 0.6) is 5.75 Å². The highest BCUT2D eigenvalue weighted by molar-refractivity contribution is 7.80. The second kappa shape index (κ2) is 8.29. The third-order valence-corrected chi connectivity index (χ3v) is 5.78. The largest absolute Gasteiger partial charge is 0.494 e. The molecule has 0 spiro atoms. The van der Waals surface area contributed by atoms with E-state index in [1.807, 2.05) is 19.1 Å². The fourth-order valence-electron chi connectivity index (χ4n) is 3.92. The van der Waals surface area contributed by atoms with Crippen LogP contribution in [0.15, 0.2) is 60.8 Å². The highest BCUT2D eigenvalue weighted by atomic mass is 32.1. The maximum Gasteiger partial charge on any atom is 0.174 e. The van der Waals surface area contributed by atoms with Gasteiger partial charge in [-0.1, -0.05) is 24.3 Å². The lowest BCUT2D eigenvalue weighted by Crippen LogP contribution is -2.44. The standard InChI is InChI=1S/C24H27N3OS/c1-4-28-20-11-9-19(10-12-20)23-22-6-5-13-26(22)14-15-27(23)24(29)25-21-16-17(2)7-8-18(21)3/h5-13,16,23H,4,14-15H2,1-3H3,(H,25,29). The Morgan fingerprint density at radius 3 is 2.66 bits per heavy atom. The number of thiocarbonyl (C=S) groups is 1. The van der Waals surface area contributed by atoms with E-state index in [1.165, 1.54) is 22.4 Å². The Hall–Kier alpha value is -2.79. The van der Waals surface area contributed by atoms with Gasteiger partial charge in [0.1, 0.15) is 5.75 Å². The number of hydrogen-bond donors (Lipinski definition) is 1. The summed E-state index contributed by atoms with van der Waals surface area (Å²) in [5, 5.41) is 4.25. The number of hydrogen-bond acceptors (Lipinski definition) is 2. The Morgan fingerprint density at radius 1 is 1.10 bits per heavy atom. The van der Waals surface area contributed by atoms with E-state index >= 15 is 0 Å². The summed E-state index contributed by atoms with van der Waals surface area (Å²) in [4.78, 5) is 2.29. The fourth-order valence-corrected chi connectivity index (χ4v) is 4.23. The lowest BCUT2D eigenvalue weighted by atomic mass is 10.00. The maximum atomic E-state index is 5.89. The number of nitrogens with one attached hydrogen (secondary N) is 1. The van der Waals surface area contributed by atoms with E-state index in [4.69, 9.17) is 17.0 Å². The monoisotopic (exact) mass is 405 g/mol. The first-order valence-corrected chi connectivity index (χ1v) is 10.5. The molecule has 1 aliphatic heterocycles. The summed E-state index contributed by atoms with van der Waals surface area (Å²) in [6.45, 7) is 8.66. The number of fused-ring (bicyclic) bond motifs is 1. The van der Waals surface area contributed by atoms with Crippen LogP contribution in [0.4, 0.5) is 5.69 Å². The van der Waals surface area contributed by atoms with Gasteiger partial charge in [-0.2, -0.15) is 0 Å². The summed E-state index contributed by atoms with van der Waals surface area (Å²) < 4.78 is 7.94. The first-order valence-electron chi connectivity index (χ1n) is 10.1. The van der Waals surface area contributed by atoms with Crippen LogP contribution in [0.3, 0.4) is 0 Å². The van der Waals surface area contributed by atoms with Crippen molar-refractivity contribution in [3.05, 3.63) is 83.2 Å². The number of aryl methyl sites for hydroxylation is 2. The molecule has 2 heterocycles. The van der Waals surface area contributed by atoms with Crippen LogP contribution in [0, 0.1) is 13.8 Å². The lowest BCUT2D eigenvalue weighted by Gasteiger charge is -2.39. The van der Waals surface area contributed by atoms with Crippen LogP contribution in [0.2, 0.25) is 0 Å². The zero-order valence-corrected chi connectivity index (χ0v) is 18.0. The molecule has 0 radical (unpaired) electrons. The molecule has 29 heavy (non-hydrogen) atoms. The van der Waals surface area contributed by atoms with Gasteiger partial charge in [0.15, 0.2) is 5.11 Å². The van der Waals surface area contributed by atoms with Gasteiger partial charge < -0.3 is 19.5 Å². The molecule has 0 aliphatic carbocycles. The molecule has 1 unspecified atom stereocenters. The van der Waals surface area contributed by atoms with Gasteiger partial charge in [0.2, 0.25) is 0 Å². The molecule has 4 rings (SSSR count). The van der Waals surface area contributed by atoms with Gasteiger partial charge in [0, 0.05) is 30.7 Å². The molecule has 0 saturated carbocycles. The van der Waals surface area contributed by atoms with Gasteiger partial charge >= 0.3 is 0 Å². The van der Waals surface area contributed by atoms with Crippen LogP contribution >= 0.6 is 12.2 Å². The van der Waals surface area contributed by atoms with E-state index in [0.717, 1.165) is 29.6 Å². The Bertz CT molecular complexity index is 1010. The minimum atomic E-state index is 0.0690. The van der Waals surface area contributed by atoms with Gasteiger partial charge in [-0.05, 0) is 80.0 Å². The molecule has 3 aromatic rings. The molecule has 1 N–H and O–H groups in total. The van der Waals surface area contributed by atoms with E-state index < -0.39 is 0 Å². The summed E-state index contributed by atoms with van der Waals surface area (Å²) in [7, 11) is 0. The summed E-state index contributed by atoms with van der Waals surface area (Å²) in [5.74, 6) is 0.894. The number of rotatable bonds is 4. The van der Waals surface area contributed by atoms with Gasteiger partial charge in [0.05, 0.1) is 12.6 Å². The number of nitrogens with zero attached hydrogens (tertiary/aromatic N) is 2. The van der Waals surface area contributed by atoms with Gasteiger partial charge in [-0.15, -0.1) is 0 Å². The van der Waals surface area contributed by atoms with Crippen LogP contribution < -0.4 is 10.1 Å². The molecule has 0 amide bonds. The number of aromatic nitrogens is 1. The van der Waals surface area contributed by atoms with Gasteiger partial charge in [0.25, 0.3) is 0 Å². The first kappa shape index (κ1) is 19.5. The molecule has 1 aromatic heterocycles. The van der Waals surface area contributed by atoms with E-state index in [1.54, 1.807) is 0 Å². The smallest absolute Gasteiger partial charge is 0.174 e. The van der Waals surface area contributed by atoms with E-state index in [0.29, 0.717) is 6.61 Å². The molecular weight excluding hydrogens is 378 g/mol. The molecule has 4 nitrogen and oxygen atoms in total. The van der Waals surface area contributed by atoms with Crippen molar-refractivity contribution < 1.29 is 4.74 Å². The number of benzene rings is 2. The Balaban J connectivity index is 1.66. The SMILES string of the molecule is CCOc1ccc(C2c3cccn3CCN2C(=S)Nc2cc(C)ccc2C)cc1. The van der Waals surface area contributed by atoms with Crippen molar-refractivity contribution in [1.29, 1.82) is 0 Å². The first-order chi connectivity index (χ1) is 14.1. The molecule has 0 bridgehead atoms. The quantitative estimate of drug-likeness (QED) is 0.596. The Morgan fingerprint density at radius 2 is 1.90 bits per heavy atom. The second-order valence-corrected chi connectivity index (χ2v) is 7.86. The molecule has 0 saturated heterocycles. The van der Waals surface area contributed by atoms with E-state index in [2.05, 4.69) is 77.3 Å². The van der Waals surface area contributed by atoms with E-state index in [9.17, 15) is 0 Å². The average molecular weight is 406 g/mol. The highest BCUT2D eigenvalue weighted by Crippen LogP contribution is 2.34. The highest BCUT2D eigenvalue weighted by Gasteiger charge is 2.30. The van der Waals surface area contributed by atoms with Crippen molar-refractivity contribution in [2.45, 2.75) is 33.4 Å². The van der Waals surface area contributed by atoms with Gasteiger partial charge in [-0.3, -0.25) is 0 Å². The van der Waals surface area contributed by atoms with Gasteiger partial charge in [-0.25, -0.2) is 0 Å². The summed E-state index contributed by atoms with van der Waals surface area (Å²) >= 11 is 5.89. The third kappa shape index (κ3) is 4.01. The van der Waals surface area contributed by atoms with Crippen molar-refractivity contribution in [3.8, 4) is 5.75 Å². The van der Waals surface area contributed by atoms with Crippen LogP contribution in [-0.2, 0) is 6.54 Å². The van der Waals surface area contributed by atoms with Crippen molar-refractivity contribution >= 4 is 23.0 Å². The zero-order chi connectivity index (χ0) is 20.4. The number of ether oxygens (including phenoxy) is 1. The van der Waals surface area contributed by atoms with E-state index in [-0.39, 0.29) is 6.04 Å². The molecule has 150 valence electrons. The molecule has 0 fully saturated rings. The molecular formula is C24H27N3OS. The predicted molar refractivity (Wildman–Crippen MR) is 123 cm³/mol. The topological polar surface area (TPSA) is 29.4 Å². The van der Waals surface area contributed by atoms with Crippen molar-refractivity contribution in [1.82, 2.24) is 9.47 Å². The van der Waals surface area contributed by atoms with Crippen molar-refractivity contribution in [3.63, 3.8) is 0 Å². The Labute approximate surface area is 178 Å². The Kier molecular flexibility index (Phi) is 5.58. The maximum absolute atomic E-state index is 5.89. The second-order valence-electron chi connectivity index (χ2n) is 7.47. The zero-order valence-electron chi connectivity index (χ0n) is 17.2. The molecule has 1 atom stereocenters. The molecule has 1 aliphatic rings. The van der Waals surface area contributed by atoms with Crippen LogP contribution in [-0.4, -0.2) is 27.7 Å². The van der Waals surface area contributed by atoms with Crippen LogP contribution in [0.1, 0.15) is 35.3 Å². The minimum absolute atomic E-state index is 0.0690.